The SMILES string of the molecule is CCCCOc1ccc(C(=O)Nc2ccccc2C(=O)NC(C)c2ccccc2)cc1Br. The largest absolute Gasteiger partial charge is 0.492 e. The third-order valence-corrected chi connectivity index (χ3v) is 5.64. The number of rotatable bonds is 9. The highest BCUT2D eigenvalue weighted by Crippen LogP contribution is 2.27. The summed E-state index contributed by atoms with van der Waals surface area (Å²) in [5.41, 5.74) is 2.33. The van der Waals surface area contributed by atoms with Crippen LogP contribution in [0, 0.1) is 0 Å². The lowest BCUT2D eigenvalue weighted by Gasteiger charge is -2.16. The van der Waals surface area contributed by atoms with Crippen LogP contribution in [0.2, 0.25) is 0 Å². The van der Waals surface area contributed by atoms with Crippen LogP contribution in [0.5, 0.6) is 5.75 Å². The van der Waals surface area contributed by atoms with Gasteiger partial charge in [0.05, 0.1) is 28.4 Å². The van der Waals surface area contributed by atoms with Gasteiger partial charge in [-0.3, -0.25) is 9.59 Å². The van der Waals surface area contributed by atoms with Crippen LogP contribution < -0.4 is 15.4 Å². The Morgan fingerprint density at radius 2 is 1.69 bits per heavy atom. The van der Waals surface area contributed by atoms with Gasteiger partial charge < -0.3 is 15.4 Å². The first kappa shape index (κ1) is 23.5. The Labute approximate surface area is 197 Å². The van der Waals surface area contributed by atoms with Crippen LogP contribution in [0.1, 0.15) is 59.0 Å². The summed E-state index contributed by atoms with van der Waals surface area (Å²) in [6.45, 7) is 4.66. The van der Waals surface area contributed by atoms with Crippen molar-refractivity contribution in [3.05, 3.63) is 94.0 Å². The minimum Gasteiger partial charge on any atom is -0.492 e. The van der Waals surface area contributed by atoms with E-state index in [0.717, 1.165) is 18.4 Å². The van der Waals surface area contributed by atoms with Gasteiger partial charge in [0.15, 0.2) is 0 Å². The highest BCUT2D eigenvalue weighted by atomic mass is 79.9. The zero-order chi connectivity index (χ0) is 22.9. The van der Waals surface area contributed by atoms with E-state index in [1.165, 1.54) is 0 Å². The Bertz CT molecular complexity index is 1070. The fourth-order valence-electron chi connectivity index (χ4n) is 3.17. The summed E-state index contributed by atoms with van der Waals surface area (Å²) >= 11 is 3.47. The van der Waals surface area contributed by atoms with E-state index in [1.54, 1.807) is 42.5 Å². The van der Waals surface area contributed by atoms with Crippen molar-refractivity contribution in [1.29, 1.82) is 0 Å². The molecular weight excluding hydrogens is 468 g/mol. The molecule has 166 valence electrons. The van der Waals surface area contributed by atoms with Crippen molar-refractivity contribution in [2.75, 3.05) is 11.9 Å². The second-order valence-electron chi connectivity index (χ2n) is 7.45. The molecule has 0 aliphatic heterocycles. The van der Waals surface area contributed by atoms with Gasteiger partial charge in [0, 0.05) is 5.56 Å². The molecule has 0 heterocycles. The van der Waals surface area contributed by atoms with Crippen molar-refractivity contribution in [3.8, 4) is 5.75 Å². The van der Waals surface area contributed by atoms with Gasteiger partial charge in [-0.1, -0.05) is 55.8 Å². The molecule has 3 aromatic rings. The third-order valence-electron chi connectivity index (χ3n) is 5.02. The zero-order valence-corrected chi connectivity index (χ0v) is 19.8. The first-order chi connectivity index (χ1) is 15.5. The number of anilines is 1. The van der Waals surface area contributed by atoms with E-state index in [2.05, 4.69) is 33.5 Å². The lowest BCUT2D eigenvalue weighted by Crippen LogP contribution is -2.28. The number of carbonyl (C=O) groups excluding carboxylic acids is 2. The van der Waals surface area contributed by atoms with Crippen LogP contribution in [0.15, 0.2) is 77.3 Å². The zero-order valence-electron chi connectivity index (χ0n) is 18.2. The Kier molecular flexibility index (Phi) is 8.45. The van der Waals surface area contributed by atoms with Crippen LogP contribution in [-0.2, 0) is 0 Å². The molecule has 3 aromatic carbocycles. The van der Waals surface area contributed by atoms with Gasteiger partial charge in [-0.15, -0.1) is 0 Å². The Hall–Kier alpha value is -3.12. The Morgan fingerprint density at radius 1 is 0.969 bits per heavy atom. The summed E-state index contributed by atoms with van der Waals surface area (Å²) < 4.78 is 6.43. The number of hydrogen-bond acceptors (Lipinski definition) is 3. The molecular formula is C26H27BrN2O3. The number of carbonyl (C=O) groups is 2. The summed E-state index contributed by atoms with van der Waals surface area (Å²) in [4.78, 5) is 25.8. The Morgan fingerprint density at radius 3 is 2.41 bits per heavy atom. The average Bonchev–Trinajstić information content (AvgIpc) is 2.81. The minimum atomic E-state index is -0.304. The van der Waals surface area contributed by atoms with Crippen LogP contribution >= 0.6 is 15.9 Å². The smallest absolute Gasteiger partial charge is 0.255 e. The molecule has 0 fully saturated rings. The van der Waals surface area contributed by atoms with Crippen LogP contribution in [0.3, 0.4) is 0 Å². The van der Waals surface area contributed by atoms with Crippen LogP contribution in [0.4, 0.5) is 5.69 Å². The van der Waals surface area contributed by atoms with Gasteiger partial charge in [-0.2, -0.15) is 0 Å². The second kappa shape index (κ2) is 11.5. The first-order valence-corrected chi connectivity index (χ1v) is 11.5. The van der Waals surface area contributed by atoms with E-state index in [0.29, 0.717) is 33.6 Å². The molecule has 1 unspecified atom stereocenters. The van der Waals surface area contributed by atoms with Crippen molar-refractivity contribution in [3.63, 3.8) is 0 Å². The molecule has 6 heteroatoms. The predicted octanol–water partition coefficient (Wildman–Crippen LogP) is 6.37. The lowest BCUT2D eigenvalue weighted by molar-refractivity contribution is 0.0940. The van der Waals surface area contributed by atoms with Gasteiger partial charge in [0.1, 0.15) is 5.75 Å². The molecule has 0 spiro atoms. The van der Waals surface area contributed by atoms with Gasteiger partial charge in [0.25, 0.3) is 11.8 Å². The van der Waals surface area contributed by atoms with E-state index in [9.17, 15) is 9.59 Å². The van der Waals surface area contributed by atoms with Crippen molar-refractivity contribution in [2.24, 2.45) is 0 Å². The number of nitrogens with one attached hydrogen (secondary N) is 2. The van der Waals surface area contributed by atoms with Crippen LogP contribution in [0.25, 0.3) is 0 Å². The van der Waals surface area contributed by atoms with E-state index in [4.69, 9.17) is 4.74 Å². The van der Waals surface area contributed by atoms with Gasteiger partial charge in [-0.05, 0) is 65.2 Å². The normalized spacial score (nSPS) is 11.5. The van der Waals surface area contributed by atoms with E-state index in [1.807, 2.05) is 37.3 Å². The minimum absolute atomic E-state index is 0.163. The molecule has 1 atom stereocenters. The van der Waals surface area contributed by atoms with Crippen LogP contribution in [-0.4, -0.2) is 18.4 Å². The highest BCUT2D eigenvalue weighted by molar-refractivity contribution is 9.10. The monoisotopic (exact) mass is 494 g/mol. The maximum absolute atomic E-state index is 12.9. The second-order valence-corrected chi connectivity index (χ2v) is 8.31. The number of halogens is 1. The quantitative estimate of drug-likeness (QED) is 0.339. The molecule has 0 saturated carbocycles. The molecule has 2 amide bonds. The van der Waals surface area contributed by atoms with E-state index in [-0.39, 0.29) is 17.9 Å². The molecule has 0 radical (unpaired) electrons. The van der Waals surface area contributed by atoms with Gasteiger partial charge in [-0.25, -0.2) is 0 Å². The fourth-order valence-corrected chi connectivity index (χ4v) is 3.66. The van der Waals surface area contributed by atoms with Crippen molar-refractivity contribution < 1.29 is 14.3 Å². The van der Waals surface area contributed by atoms with Gasteiger partial charge in [0.2, 0.25) is 0 Å². The van der Waals surface area contributed by atoms with Crippen molar-refractivity contribution >= 4 is 33.4 Å². The summed E-state index contributed by atoms with van der Waals surface area (Å²) in [6.07, 6.45) is 2.02. The molecule has 0 saturated heterocycles. The van der Waals surface area contributed by atoms with E-state index >= 15 is 0 Å². The molecule has 0 aliphatic rings. The standard InChI is InChI=1S/C26H27BrN2O3/c1-3-4-16-32-24-15-14-20(17-22(24)27)25(30)29-23-13-9-8-12-21(23)26(31)28-18(2)19-10-6-5-7-11-19/h5-15,17-18H,3-4,16H2,1-2H3,(H,28,31)(H,29,30). The predicted molar refractivity (Wildman–Crippen MR) is 131 cm³/mol. The third kappa shape index (κ3) is 6.20. The number of hydrogen-bond donors (Lipinski definition) is 2. The number of benzene rings is 3. The van der Waals surface area contributed by atoms with Gasteiger partial charge >= 0.3 is 0 Å². The lowest BCUT2D eigenvalue weighted by atomic mass is 10.1. The molecule has 3 rings (SSSR count). The molecule has 0 aliphatic carbocycles. The molecule has 0 aromatic heterocycles. The molecule has 32 heavy (non-hydrogen) atoms. The Balaban J connectivity index is 1.71. The first-order valence-electron chi connectivity index (χ1n) is 10.7. The number of amides is 2. The summed E-state index contributed by atoms with van der Waals surface area (Å²) in [5, 5.41) is 5.85. The number of para-hydroxylation sites is 1. The number of unbranched alkanes of at least 4 members (excludes halogenated alkanes) is 1. The fraction of sp³-hybridized carbons (Fsp3) is 0.231. The highest BCUT2D eigenvalue weighted by Gasteiger charge is 2.17. The van der Waals surface area contributed by atoms with Crippen molar-refractivity contribution in [1.82, 2.24) is 5.32 Å². The molecule has 5 nitrogen and oxygen atoms in total. The summed E-state index contributed by atoms with van der Waals surface area (Å²) in [5.74, 6) is 0.143. The van der Waals surface area contributed by atoms with Crippen molar-refractivity contribution in [2.45, 2.75) is 32.7 Å². The summed E-state index contributed by atoms with van der Waals surface area (Å²) in [6, 6.07) is 21.7. The maximum atomic E-state index is 12.9. The molecule has 2 N–H and O–H groups in total. The summed E-state index contributed by atoms with van der Waals surface area (Å²) in [7, 11) is 0. The number of ether oxygens (including phenoxy) is 1. The molecule has 0 bridgehead atoms. The average molecular weight is 495 g/mol. The van der Waals surface area contributed by atoms with E-state index < -0.39 is 0 Å². The topological polar surface area (TPSA) is 67.4 Å². The maximum Gasteiger partial charge on any atom is 0.255 e.